The van der Waals surface area contributed by atoms with Gasteiger partial charge in [-0.3, -0.25) is 0 Å². The highest BCUT2D eigenvalue weighted by Crippen LogP contribution is 2.37. The zero-order valence-electron chi connectivity index (χ0n) is 12.1. The number of hydrogen-bond donors (Lipinski definition) is 0. The van der Waals surface area contributed by atoms with Crippen molar-refractivity contribution in [1.29, 1.82) is 0 Å². The van der Waals surface area contributed by atoms with E-state index < -0.39 is 11.7 Å². The molecule has 0 aliphatic carbocycles. The molecule has 0 fully saturated rings. The average molecular weight is 291 g/mol. The molecule has 0 N–H and O–H groups in total. The quantitative estimate of drug-likeness (QED) is 0.541. The number of aromatic nitrogens is 1. The fourth-order valence-corrected chi connectivity index (χ4v) is 3.01. The van der Waals surface area contributed by atoms with Crippen molar-refractivity contribution in [3.63, 3.8) is 0 Å². The van der Waals surface area contributed by atoms with Gasteiger partial charge in [-0.25, -0.2) is 0 Å². The maximum Gasteiger partial charge on any atom is 0.416 e. The monoisotopic (exact) mass is 291 g/mol. The molecule has 3 aromatic rings. The van der Waals surface area contributed by atoms with Gasteiger partial charge in [0.2, 0.25) is 0 Å². The van der Waals surface area contributed by atoms with Gasteiger partial charge < -0.3 is 4.57 Å². The van der Waals surface area contributed by atoms with Crippen molar-refractivity contribution in [3.05, 3.63) is 47.5 Å². The molecule has 0 aliphatic rings. The Morgan fingerprint density at radius 2 is 1.71 bits per heavy atom. The van der Waals surface area contributed by atoms with Crippen LogP contribution in [0.5, 0.6) is 0 Å². The lowest BCUT2D eigenvalue weighted by molar-refractivity contribution is -0.137. The van der Waals surface area contributed by atoms with Crippen molar-refractivity contribution < 1.29 is 13.2 Å². The zero-order valence-corrected chi connectivity index (χ0v) is 12.1. The Kier molecular flexibility index (Phi) is 3.01. The number of alkyl halides is 3. The van der Waals surface area contributed by atoms with E-state index in [4.69, 9.17) is 0 Å². The van der Waals surface area contributed by atoms with Gasteiger partial charge in [0.25, 0.3) is 0 Å². The Bertz CT molecular complexity index is 825. The molecule has 0 atom stereocenters. The summed E-state index contributed by atoms with van der Waals surface area (Å²) in [5, 5.41) is 1.92. The Hall–Kier alpha value is -1.97. The molecule has 0 spiro atoms. The third-order valence-electron chi connectivity index (χ3n) is 3.88. The van der Waals surface area contributed by atoms with E-state index in [0.717, 1.165) is 21.9 Å². The van der Waals surface area contributed by atoms with Crippen molar-refractivity contribution in [1.82, 2.24) is 4.57 Å². The van der Waals surface area contributed by atoms with Crippen LogP contribution in [0.15, 0.2) is 36.4 Å². The van der Waals surface area contributed by atoms with Crippen LogP contribution in [0.2, 0.25) is 0 Å². The summed E-state index contributed by atoms with van der Waals surface area (Å²) in [4.78, 5) is 0. The Balaban J connectivity index is 2.49. The molecule has 4 heteroatoms. The normalized spacial score (nSPS) is 12.7. The smallest absolute Gasteiger partial charge is 0.338 e. The molecule has 0 amide bonds. The first-order valence-corrected chi connectivity index (χ1v) is 6.91. The third-order valence-corrected chi connectivity index (χ3v) is 3.88. The second-order valence-corrected chi connectivity index (χ2v) is 5.66. The predicted molar refractivity (Wildman–Crippen MR) is 79.6 cm³/mol. The van der Waals surface area contributed by atoms with Crippen molar-refractivity contribution in [2.45, 2.75) is 33.0 Å². The molecule has 1 heterocycles. The molecule has 110 valence electrons. The van der Waals surface area contributed by atoms with E-state index in [9.17, 15) is 13.2 Å². The molecule has 0 bridgehead atoms. The number of benzene rings is 2. The van der Waals surface area contributed by atoms with Crippen LogP contribution in [0.3, 0.4) is 0 Å². The number of fused-ring (bicyclic) bond motifs is 3. The minimum Gasteiger partial charge on any atom is -0.338 e. The summed E-state index contributed by atoms with van der Waals surface area (Å²) >= 11 is 0. The minimum absolute atomic E-state index is 0.0929. The molecule has 2 aromatic carbocycles. The molecule has 0 radical (unpaired) electrons. The molecule has 3 rings (SSSR count). The van der Waals surface area contributed by atoms with Gasteiger partial charge in [0.1, 0.15) is 0 Å². The first kappa shape index (κ1) is 14.0. The van der Waals surface area contributed by atoms with E-state index in [1.807, 2.05) is 43.5 Å². The second-order valence-electron chi connectivity index (χ2n) is 5.66. The van der Waals surface area contributed by atoms with Gasteiger partial charge >= 0.3 is 6.18 Å². The molecule has 21 heavy (non-hydrogen) atoms. The van der Waals surface area contributed by atoms with Crippen LogP contribution in [-0.2, 0) is 6.18 Å². The first-order valence-electron chi connectivity index (χ1n) is 6.91. The van der Waals surface area contributed by atoms with E-state index in [-0.39, 0.29) is 6.04 Å². The molecule has 1 nitrogen and oxygen atoms in total. The molecule has 1 aromatic heterocycles. The Labute approximate surface area is 121 Å². The van der Waals surface area contributed by atoms with Gasteiger partial charge in [-0.1, -0.05) is 18.2 Å². The van der Waals surface area contributed by atoms with Gasteiger partial charge in [-0.15, -0.1) is 0 Å². The van der Waals surface area contributed by atoms with Crippen molar-refractivity contribution in [3.8, 4) is 0 Å². The van der Waals surface area contributed by atoms with Gasteiger partial charge in [-0.05, 0) is 44.5 Å². The maximum absolute atomic E-state index is 13.0. The lowest BCUT2D eigenvalue weighted by Gasteiger charge is -2.13. The van der Waals surface area contributed by atoms with Gasteiger partial charge in [0.15, 0.2) is 0 Å². The number of hydrogen-bond acceptors (Lipinski definition) is 0. The second kappa shape index (κ2) is 4.52. The highest BCUT2D eigenvalue weighted by molar-refractivity contribution is 6.10. The number of aryl methyl sites for hydroxylation is 1. The van der Waals surface area contributed by atoms with E-state index in [1.165, 1.54) is 12.1 Å². The highest BCUT2D eigenvalue weighted by Gasteiger charge is 2.31. The standard InChI is InChI=1S/C17H16F3N/c1-10(2)21-14-6-4-5-11(3)16(14)13-8-7-12(9-15(13)21)17(18,19)20/h4-10H,1-3H3. The van der Waals surface area contributed by atoms with E-state index >= 15 is 0 Å². The van der Waals surface area contributed by atoms with Crippen LogP contribution in [-0.4, -0.2) is 4.57 Å². The summed E-state index contributed by atoms with van der Waals surface area (Å²) in [7, 11) is 0. The van der Waals surface area contributed by atoms with Gasteiger partial charge in [0, 0.05) is 27.8 Å². The fraction of sp³-hybridized carbons (Fsp3) is 0.294. The van der Waals surface area contributed by atoms with E-state index in [1.54, 1.807) is 6.07 Å². The molecule has 0 aliphatic heterocycles. The topological polar surface area (TPSA) is 4.93 Å². The van der Waals surface area contributed by atoms with Crippen molar-refractivity contribution in [2.75, 3.05) is 0 Å². The molecular formula is C17H16F3N. The SMILES string of the molecule is Cc1cccc2c1c1ccc(C(F)(F)F)cc1n2C(C)C. The van der Waals surface area contributed by atoms with Gasteiger partial charge in [0.05, 0.1) is 5.56 Å². The van der Waals surface area contributed by atoms with Crippen molar-refractivity contribution in [2.24, 2.45) is 0 Å². The first-order chi connectivity index (χ1) is 9.80. The zero-order chi connectivity index (χ0) is 15.4. The lowest BCUT2D eigenvalue weighted by Crippen LogP contribution is -2.06. The minimum atomic E-state index is -4.32. The van der Waals surface area contributed by atoms with Gasteiger partial charge in [-0.2, -0.15) is 13.2 Å². The molecule has 0 unspecified atom stereocenters. The maximum atomic E-state index is 13.0. The molecule has 0 saturated heterocycles. The van der Waals surface area contributed by atoms with Crippen LogP contribution in [0.25, 0.3) is 21.8 Å². The van der Waals surface area contributed by atoms with Crippen LogP contribution >= 0.6 is 0 Å². The highest BCUT2D eigenvalue weighted by atomic mass is 19.4. The van der Waals surface area contributed by atoms with Crippen LogP contribution in [0.4, 0.5) is 13.2 Å². The predicted octanol–water partition coefficient (Wildman–Crippen LogP) is 5.70. The Morgan fingerprint density at radius 1 is 1.00 bits per heavy atom. The molecular weight excluding hydrogens is 275 g/mol. The van der Waals surface area contributed by atoms with Crippen molar-refractivity contribution >= 4 is 21.8 Å². The summed E-state index contributed by atoms with van der Waals surface area (Å²) in [6.45, 7) is 5.97. The lowest BCUT2D eigenvalue weighted by atomic mass is 10.1. The number of halogens is 3. The average Bonchev–Trinajstić information content (AvgIpc) is 2.72. The fourth-order valence-electron chi connectivity index (χ4n) is 3.01. The number of rotatable bonds is 1. The van der Waals surface area contributed by atoms with Crippen LogP contribution < -0.4 is 0 Å². The summed E-state index contributed by atoms with van der Waals surface area (Å²) in [6.07, 6.45) is -4.32. The number of nitrogens with zero attached hydrogens (tertiary/aromatic N) is 1. The van der Waals surface area contributed by atoms with E-state index in [0.29, 0.717) is 5.52 Å². The molecule has 0 saturated carbocycles. The van der Waals surface area contributed by atoms with Crippen LogP contribution in [0, 0.1) is 6.92 Å². The summed E-state index contributed by atoms with van der Waals surface area (Å²) in [5.41, 5.74) is 2.11. The van der Waals surface area contributed by atoms with E-state index in [2.05, 4.69) is 0 Å². The summed E-state index contributed by atoms with van der Waals surface area (Å²) in [5.74, 6) is 0. The summed E-state index contributed by atoms with van der Waals surface area (Å²) < 4.78 is 40.9. The van der Waals surface area contributed by atoms with Crippen LogP contribution in [0.1, 0.15) is 31.0 Å². The summed E-state index contributed by atoms with van der Waals surface area (Å²) in [6, 6.07) is 10.0. The Morgan fingerprint density at radius 3 is 2.33 bits per heavy atom. The third kappa shape index (κ3) is 2.09. The largest absolute Gasteiger partial charge is 0.416 e.